The van der Waals surface area contributed by atoms with Gasteiger partial charge in [0.15, 0.2) is 11.6 Å². The van der Waals surface area contributed by atoms with E-state index in [1.807, 2.05) is 47.2 Å². The van der Waals surface area contributed by atoms with Gasteiger partial charge in [0, 0.05) is 95.3 Å². The maximum atomic E-state index is 15.7. The Morgan fingerprint density at radius 1 is 0.844 bits per heavy atom. The number of imide groups is 1. The average Bonchev–Trinajstić information content (AvgIpc) is 3.57. The number of aromatic nitrogens is 2. The first-order valence-electron chi connectivity index (χ1n) is 22.6. The molecule has 1 aromatic heterocycles. The molecule has 17 heteroatoms. The van der Waals surface area contributed by atoms with Crippen molar-refractivity contribution in [3.63, 3.8) is 0 Å². The molecule has 0 radical (unpaired) electrons. The highest BCUT2D eigenvalue weighted by atomic mass is 19.1. The SMILES string of the molecule is CN(C(=O)N1CCC(Oc2ccc(F)c(N3[C@@H]4CC[C@H]3CN(c3cc(-c5ccccc5O)nnc3N)C4)c2)CC1)C1CCN(c2cccc3c2OCCN3[C@H]2CCC(=O)NC2=O)CC1. The predicted octanol–water partition coefficient (Wildman–Crippen LogP) is 5.00. The molecule has 0 spiro atoms. The molecule has 4 amide bonds. The number of para-hydroxylation sites is 2. The van der Waals surface area contributed by atoms with Crippen LogP contribution in [0.3, 0.4) is 0 Å². The first-order valence-corrected chi connectivity index (χ1v) is 22.6. The summed E-state index contributed by atoms with van der Waals surface area (Å²) >= 11 is 0. The molecule has 3 atom stereocenters. The van der Waals surface area contributed by atoms with Gasteiger partial charge in [0.1, 0.15) is 36.1 Å². The number of nitrogen functional groups attached to an aromatic ring is 1. The molecular weight excluding hydrogens is 820 g/mol. The van der Waals surface area contributed by atoms with Crippen LogP contribution in [-0.4, -0.2) is 133 Å². The second-order valence-electron chi connectivity index (χ2n) is 17.9. The number of nitrogens with two attached hydrogens (primary N) is 1. The molecule has 6 aliphatic rings. The number of nitrogens with zero attached hydrogens (tertiary/aromatic N) is 8. The molecule has 2 bridgehead atoms. The first-order chi connectivity index (χ1) is 31.1. The number of piperazine rings is 1. The quantitative estimate of drug-likeness (QED) is 0.202. The van der Waals surface area contributed by atoms with E-state index in [0.717, 1.165) is 61.6 Å². The second-order valence-corrected chi connectivity index (χ2v) is 17.9. The molecule has 6 aliphatic heterocycles. The molecule has 336 valence electrons. The minimum atomic E-state index is -0.408. The van der Waals surface area contributed by atoms with Gasteiger partial charge in [0.05, 0.1) is 35.0 Å². The Hall–Kier alpha value is -6.52. The van der Waals surface area contributed by atoms with Crippen LogP contribution in [0.1, 0.15) is 51.4 Å². The summed E-state index contributed by atoms with van der Waals surface area (Å²) in [6.45, 7) is 4.95. The summed E-state index contributed by atoms with van der Waals surface area (Å²) < 4.78 is 28.4. The monoisotopic (exact) mass is 874 g/mol. The van der Waals surface area contributed by atoms with Crippen molar-refractivity contribution < 1.29 is 33.4 Å². The molecule has 0 unspecified atom stereocenters. The van der Waals surface area contributed by atoms with Crippen LogP contribution < -0.4 is 40.1 Å². The van der Waals surface area contributed by atoms with Crippen molar-refractivity contribution in [2.24, 2.45) is 0 Å². The Labute approximate surface area is 371 Å². The van der Waals surface area contributed by atoms with Gasteiger partial charge >= 0.3 is 6.03 Å². The predicted molar refractivity (Wildman–Crippen MR) is 241 cm³/mol. The number of piperidine rings is 3. The van der Waals surface area contributed by atoms with Crippen molar-refractivity contribution in [3.8, 4) is 28.5 Å². The summed E-state index contributed by atoms with van der Waals surface area (Å²) in [6, 6.07) is 19.8. The highest BCUT2D eigenvalue weighted by molar-refractivity contribution is 6.02. The third-order valence-corrected chi connectivity index (χ3v) is 14.1. The van der Waals surface area contributed by atoms with Crippen molar-refractivity contribution in [1.82, 2.24) is 25.3 Å². The van der Waals surface area contributed by atoms with E-state index in [2.05, 4.69) is 41.2 Å². The molecule has 4 aromatic rings. The van der Waals surface area contributed by atoms with Crippen LogP contribution in [0, 0.1) is 5.82 Å². The number of anilines is 5. The van der Waals surface area contributed by atoms with Crippen LogP contribution in [0.2, 0.25) is 0 Å². The maximum absolute atomic E-state index is 15.7. The van der Waals surface area contributed by atoms with Crippen LogP contribution in [0.15, 0.2) is 66.7 Å². The van der Waals surface area contributed by atoms with E-state index in [0.29, 0.717) is 93.5 Å². The number of aromatic hydroxyl groups is 1. The lowest BCUT2D eigenvalue weighted by Crippen LogP contribution is -2.54. The van der Waals surface area contributed by atoms with Crippen molar-refractivity contribution in [2.45, 2.75) is 81.6 Å². The zero-order valence-electron chi connectivity index (χ0n) is 36.1. The van der Waals surface area contributed by atoms with E-state index in [4.69, 9.17) is 15.2 Å². The third-order valence-electron chi connectivity index (χ3n) is 14.1. The minimum Gasteiger partial charge on any atom is -0.507 e. The number of phenolic OH excluding ortho intramolecular Hbond substituents is 1. The summed E-state index contributed by atoms with van der Waals surface area (Å²) in [5.74, 6) is 1.05. The Balaban J connectivity index is 0.725. The van der Waals surface area contributed by atoms with Gasteiger partial charge in [-0.1, -0.05) is 18.2 Å². The van der Waals surface area contributed by atoms with Gasteiger partial charge in [0.2, 0.25) is 11.8 Å². The van der Waals surface area contributed by atoms with Crippen molar-refractivity contribution >= 4 is 46.4 Å². The number of phenols is 1. The maximum Gasteiger partial charge on any atom is 0.319 e. The molecule has 5 saturated heterocycles. The lowest BCUT2D eigenvalue weighted by Gasteiger charge is -2.43. The standard InChI is InChI=1S/C47H55FN10O6/c1-53(29-15-19-54(20-16-29)37-6-4-7-38-44(37)63-24-23-57(38)39-13-14-43(60)50-46(39)61)47(62)55-21-17-32(18-22-55)64-33-11-12-35(48)40(25-33)58-30-9-10-31(58)28-56(27-30)41-26-36(51-52-45(41)49)34-5-2-3-8-42(34)59/h2-8,11-12,25-26,29-32,39,59H,9-10,13-24,27-28H2,1H3,(H2,49,52)(H,50,60,61)/t30-,31+,39-/m0/s1. The number of rotatable bonds is 8. The van der Waals surface area contributed by atoms with Crippen LogP contribution in [0.4, 0.5) is 37.8 Å². The van der Waals surface area contributed by atoms with Gasteiger partial charge in [-0.3, -0.25) is 14.9 Å². The van der Waals surface area contributed by atoms with Gasteiger partial charge in [-0.15, -0.1) is 10.2 Å². The number of nitrogens with one attached hydrogen (secondary N) is 1. The van der Waals surface area contributed by atoms with Crippen LogP contribution in [0.5, 0.6) is 17.2 Å². The van der Waals surface area contributed by atoms with E-state index in [1.165, 1.54) is 6.07 Å². The number of hydrogen-bond acceptors (Lipinski definition) is 13. The Kier molecular flexibility index (Phi) is 11.2. The fraction of sp³-hybridized carbons (Fsp3) is 0.468. The molecule has 5 fully saturated rings. The molecule has 0 aliphatic carbocycles. The Morgan fingerprint density at radius 3 is 2.34 bits per heavy atom. The zero-order chi connectivity index (χ0) is 44.1. The van der Waals surface area contributed by atoms with Gasteiger partial charge in [-0.25, -0.2) is 9.18 Å². The molecule has 16 nitrogen and oxygen atoms in total. The number of likely N-dealkylation sites (tertiary alicyclic amines) is 1. The minimum absolute atomic E-state index is 0.0228. The average molecular weight is 875 g/mol. The van der Waals surface area contributed by atoms with Gasteiger partial charge in [-0.05, 0) is 74.6 Å². The highest BCUT2D eigenvalue weighted by Gasteiger charge is 2.42. The number of amides is 4. The van der Waals surface area contributed by atoms with Crippen molar-refractivity contribution in [3.05, 3.63) is 72.5 Å². The number of carbonyl (C=O) groups is 3. The van der Waals surface area contributed by atoms with Crippen LogP contribution in [-0.2, 0) is 9.59 Å². The van der Waals surface area contributed by atoms with E-state index in [1.54, 1.807) is 24.3 Å². The Bertz CT molecular complexity index is 2410. The Morgan fingerprint density at radius 2 is 1.59 bits per heavy atom. The summed E-state index contributed by atoms with van der Waals surface area (Å²) in [7, 11) is 1.90. The number of ether oxygens (including phenoxy) is 2. The summed E-state index contributed by atoms with van der Waals surface area (Å²) in [4.78, 5) is 51.0. The zero-order valence-corrected chi connectivity index (χ0v) is 36.1. The summed E-state index contributed by atoms with van der Waals surface area (Å²) in [5.41, 5.74) is 10.6. The molecule has 3 aromatic carbocycles. The highest BCUT2D eigenvalue weighted by Crippen LogP contribution is 2.44. The number of carbonyl (C=O) groups excluding carboxylic acids is 3. The topological polar surface area (TPSA) is 173 Å². The third kappa shape index (κ3) is 7.89. The number of benzene rings is 3. The lowest BCUT2D eigenvalue weighted by molar-refractivity contribution is -0.134. The fourth-order valence-electron chi connectivity index (χ4n) is 10.8. The molecule has 64 heavy (non-hydrogen) atoms. The number of urea groups is 1. The summed E-state index contributed by atoms with van der Waals surface area (Å²) in [5, 5.41) is 21.4. The van der Waals surface area contributed by atoms with Gasteiger partial charge < -0.3 is 49.7 Å². The van der Waals surface area contributed by atoms with E-state index in [9.17, 15) is 19.5 Å². The lowest BCUT2D eigenvalue weighted by atomic mass is 10.0. The largest absolute Gasteiger partial charge is 0.507 e. The van der Waals surface area contributed by atoms with E-state index in [-0.39, 0.29) is 53.6 Å². The molecule has 0 saturated carbocycles. The molecular formula is C47H55FN10O6. The fourth-order valence-corrected chi connectivity index (χ4v) is 10.8. The number of halogens is 1. The van der Waals surface area contributed by atoms with Crippen molar-refractivity contribution in [1.29, 1.82) is 0 Å². The summed E-state index contributed by atoms with van der Waals surface area (Å²) in [6.07, 6.45) is 5.48. The van der Waals surface area contributed by atoms with Gasteiger partial charge in [-0.2, -0.15) is 0 Å². The van der Waals surface area contributed by atoms with Crippen molar-refractivity contribution in [2.75, 3.05) is 84.8 Å². The number of hydrogen-bond donors (Lipinski definition) is 3. The molecule has 10 rings (SSSR count). The molecule has 7 heterocycles. The number of fused-ring (bicyclic) bond motifs is 3. The van der Waals surface area contributed by atoms with Crippen LogP contribution >= 0.6 is 0 Å². The van der Waals surface area contributed by atoms with Crippen LogP contribution in [0.25, 0.3) is 11.3 Å². The second kappa shape index (κ2) is 17.2. The van der Waals surface area contributed by atoms with Gasteiger partial charge in [0.25, 0.3) is 0 Å². The molecule has 4 N–H and O–H groups in total. The van der Waals surface area contributed by atoms with E-state index < -0.39 is 6.04 Å². The van der Waals surface area contributed by atoms with E-state index >= 15 is 4.39 Å². The smallest absolute Gasteiger partial charge is 0.319 e. The first kappa shape index (κ1) is 41.5. The normalized spacial score (nSPS) is 22.8.